The van der Waals surface area contributed by atoms with Crippen LogP contribution >= 0.6 is 0 Å². The predicted molar refractivity (Wildman–Crippen MR) is 158 cm³/mol. The van der Waals surface area contributed by atoms with E-state index in [2.05, 4.69) is 123 Å². The van der Waals surface area contributed by atoms with E-state index in [1.165, 1.54) is 55.3 Å². The van der Waals surface area contributed by atoms with Gasteiger partial charge in [0, 0.05) is 0 Å². The van der Waals surface area contributed by atoms with Crippen LogP contribution in [0, 0.1) is 6.92 Å². The zero-order chi connectivity index (χ0) is 25.2. The van der Waals surface area contributed by atoms with Gasteiger partial charge in [0.25, 0.3) is 0 Å². The van der Waals surface area contributed by atoms with Gasteiger partial charge in [0.1, 0.15) is 0 Å². The van der Waals surface area contributed by atoms with Gasteiger partial charge in [-0.1, -0.05) is 24.3 Å². The molecule has 5 aromatic rings. The maximum atomic E-state index is 4.97. The van der Waals surface area contributed by atoms with Crippen LogP contribution in [0.3, 0.4) is 0 Å². The maximum absolute atomic E-state index is 4.97. The van der Waals surface area contributed by atoms with Crippen molar-refractivity contribution < 1.29 is 0 Å². The van der Waals surface area contributed by atoms with Gasteiger partial charge in [-0.2, -0.15) is 0 Å². The van der Waals surface area contributed by atoms with Crippen molar-refractivity contribution in [3.8, 4) is 33.5 Å². The smallest absolute Gasteiger partial charge is 0.0616 e. The van der Waals surface area contributed by atoms with Crippen LogP contribution in [0.15, 0.2) is 91.1 Å². The molecule has 1 heterocycles. The van der Waals surface area contributed by atoms with E-state index >= 15 is 0 Å². The summed E-state index contributed by atoms with van der Waals surface area (Å²) in [5.41, 5.74) is 11.4. The van der Waals surface area contributed by atoms with Crippen LogP contribution in [0.1, 0.15) is 30.5 Å². The number of nitrogens with zero attached hydrogens (tertiary/aromatic N) is 1. The Morgan fingerprint density at radius 1 is 0.694 bits per heavy atom. The van der Waals surface area contributed by atoms with Crippen molar-refractivity contribution in [3.05, 3.63) is 108 Å². The topological polar surface area (TPSA) is 12.9 Å². The summed E-state index contributed by atoms with van der Waals surface area (Å²) in [5, 5.41) is 2.58. The van der Waals surface area contributed by atoms with Crippen LogP contribution in [0.2, 0.25) is 17.3 Å². The Kier molecular flexibility index (Phi) is 5.28. The molecule has 1 aliphatic carbocycles. The molecule has 0 radical (unpaired) electrons. The van der Waals surface area contributed by atoms with Gasteiger partial charge in [0.2, 0.25) is 0 Å². The van der Waals surface area contributed by atoms with E-state index in [-0.39, 0.29) is 5.41 Å². The summed E-state index contributed by atoms with van der Waals surface area (Å²) in [6, 6.07) is 31.8. The number of hydrogen-bond donors (Lipinski definition) is 0. The Bertz CT molecular complexity index is 1640. The average molecular weight is 528 g/mol. The van der Waals surface area contributed by atoms with E-state index in [9.17, 15) is 0 Å². The molecule has 1 aromatic heterocycles. The summed E-state index contributed by atoms with van der Waals surface area (Å²) >= 11 is -1.82. The van der Waals surface area contributed by atoms with Crippen molar-refractivity contribution in [3.63, 3.8) is 0 Å². The van der Waals surface area contributed by atoms with Crippen LogP contribution in [-0.2, 0) is 5.41 Å². The summed E-state index contributed by atoms with van der Waals surface area (Å²) in [7, 11) is 0. The van der Waals surface area contributed by atoms with Gasteiger partial charge in [0.05, 0.1) is 0 Å². The average Bonchev–Trinajstić information content (AvgIpc) is 3.10. The van der Waals surface area contributed by atoms with E-state index in [4.69, 9.17) is 4.98 Å². The van der Waals surface area contributed by atoms with Crippen molar-refractivity contribution >= 4 is 28.4 Å². The van der Waals surface area contributed by atoms with Gasteiger partial charge in [-0.25, -0.2) is 0 Å². The zero-order valence-corrected chi connectivity index (χ0v) is 24.2. The molecule has 0 spiro atoms. The number of aryl methyl sites for hydroxylation is 1. The summed E-state index contributed by atoms with van der Waals surface area (Å²) in [5.74, 6) is 7.35. The first-order valence-corrected chi connectivity index (χ1v) is 20.2. The Balaban J connectivity index is 1.48. The van der Waals surface area contributed by atoms with Crippen LogP contribution in [0.5, 0.6) is 0 Å². The molecule has 6 rings (SSSR count). The first-order chi connectivity index (χ1) is 17.1. The van der Waals surface area contributed by atoms with Gasteiger partial charge in [-0.15, -0.1) is 0 Å². The number of pyridine rings is 1. The van der Waals surface area contributed by atoms with E-state index in [1.54, 1.807) is 4.40 Å². The minimum atomic E-state index is -1.82. The van der Waals surface area contributed by atoms with E-state index in [0.717, 1.165) is 5.69 Å². The van der Waals surface area contributed by atoms with Gasteiger partial charge >= 0.3 is 171 Å². The molecule has 0 amide bonds. The number of benzene rings is 4. The molecule has 0 saturated carbocycles. The second-order valence-corrected chi connectivity index (χ2v) is 22.5. The molecule has 0 saturated heterocycles. The van der Waals surface area contributed by atoms with Crippen molar-refractivity contribution in [2.75, 3.05) is 0 Å². The molecular formula is C34H33GeN. The Hall–Kier alpha value is -3.17. The molecule has 4 aromatic carbocycles. The predicted octanol–water partition coefficient (Wildman–Crippen LogP) is 8.73. The number of rotatable bonds is 3. The van der Waals surface area contributed by atoms with Crippen molar-refractivity contribution in [2.45, 2.75) is 43.5 Å². The van der Waals surface area contributed by atoms with Gasteiger partial charge in [-0.3, -0.25) is 0 Å². The monoisotopic (exact) mass is 529 g/mol. The fourth-order valence-electron chi connectivity index (χ4n) is 5.95. The molecule has 0 aliphatic heterocycles. The third kappa shape index (κ3) is 3.64. The van der Waals surface area contributed by atoms with Crippen LogP contribution in [0.4, 0.5) is 0 Å². The van der Waals surface area contributed by atoms with Crippen molar-refractivity contribution in [1.29, 1.82) is 0 Å². The minimum absolute atomic E-state index is 0.134. The Morgan fingerprint density at radius 2 is 1.42 bits per heavy atom. The second kappa shape index (κ2) is 8.18. The number of aromatic nitrogens is 1. The third-order valence-electron chi connectivity index (χ3n) is 7.99. The van der Waals surface area contributed by atoms with Crippen LogP contribution in [-0.4, -0.2) is 18.3 Å². The summed E-state index contributed by atoms with van der Waals surface area (Å²) in [6.07, 6.45) is 1.98. The van der Waals surface area contributed by atoms with Crippen LogP contribution < -0.4 is 4.40 Å². The Labute approximate surface area is 217 Å². The summed E-state index contributed by atoms with van der Waals surface area (Å²) in [4.78, 5) is 4.97. The van der Waals surface area contributed by atoms with Gasteiger partial charge in [-0.05, 0) is 23.3 Å². The van der Waals surface area contributed by atoms with Gasteiger partial charge < -0.3 is 0 Å². The minimum Gasteiger partial charge on any atom is -0.0616 e. The van der Waals surface area contributed by atoms with Crippen molar-refractivity contribution in [1.82, 2.24) is 4.98 Å². The summed E-state index contributed by atoms with van der Waals surface area (Å²) in [6.45, 7) is 6.92. The standard InChI is InChI=1S/C34H33GeN/c1-22-19-26(20-25-9-7-8-10-28(22)25)33-32-30(17-18-36-33)29-16-13-24(21-31(29)34(32,2)3)23-11-14-27(15-12-23)35(4,5)6/h7-21H,1-6H3. The van der Waals surface area contributed by atoms with Gasteiger partial charge in [0.15, 0.2) is 0 Å². The molecule has 0 N–H and O–H groups in total. The molecule has 0 bridgehead atoms. The first-order valence-electron chi connectivity index (χ1n) is 12.9. The third-order valence-corrected chi connectivity index (χ3v) is 12.3. The normalized spacial score (nSPS) is 14.1. The fraction of sp³-hybridized carbons (Fsp3) is 0.206. The molecular weight excluding hydrogens is 495 g/mol. The molecule has 178 valence electrons. The Morgan fingerprint density at radius 3 is 2.17 bits per heavy atom. The molecule has 0 fully saturated rings. The van der Waals surface area contributed by atoms with E-state index in [0.29, 0.717) is 0 Å². The molecule has 1 nitrogen and oxygen atoms in total. The number of hydrogen-bond acceptors (Lipinski definition) is 1. The molecule has 36 heavy (non-hydrogen) atoms. The quantitative estimate of drug-likeness (QED) is 0.214. The first kappa shape index (κ1) is 23.2. The molecule has 0 atom stereocenters. The SMILES string of the molecule is Cc1cc(-c2nccc3c2C(C)(C)c2cc(-c4cc[c]([Ge]([CH3])([CH3])[CH3])cc4)ccc2-3)cc2ccccc12. The molecule has 0 unspecified atom stereocenters. The van der Waals surface area contributed by atoms with E-state index < -0.39 is 13.3 Å². The molecule has 2 heteroatoms. The van der Waals surface area contributed by atoms with E-state index in [1.807, 2.05) is 6.20 Å². The second-order valence-electron chi connectivity index (χ2n) is 11.8. The van der Waals surface area contributed by atoms with Crippen LogP contribution in [0.25, 0.3) is 44.3 Å². The zero-order valence-electron chi connectivity index (χ0n) is 22.1. The summed E-state index contributed by atoms with van der Waals surface area (Å²) < 4.78 is 1.55. The number of fused-ring (bicyclic) bond motifs is 4. The fourth-order valence-corrected chi connectivity index (χ4v) is 8.40. The van der Waals surface area contributed by atoms with Crippen molar-refractivity contribution in [2.24, 2.45) is 0 Å². The molecule has 1 aliphatic rings.